The van der Waals surface area contributed by atoms with Gasteiger partial charge in [-0.05, 0) is 36.4 Å². The average Bonchev–Trinajstić information content (AvgIpc) is 2.45. The lowest BCUT2D eigenvalue weighted by Crippen LogP contribution is -2.27. The zero-order chi connectivity index (χ0) is 18.8. The number of halogens is 2. The van der Waals surface area contributed by atoms with Gasteiger partial charge in [-0.25, -0.2) is 8.42 Å². The molecule has 0 saturated carbocycles. The van der Waals surface area contributed by atoms with E-state index in [9.17, 15) is 13.2 Å². The van der Waals surface area contributed by atoms with Crippen LogP contribution in [0.15, 0.2) is 51.8 Å². The fourth-order valence-electron chi connectivity index (χ4n) is 1.88. The molecule has 25 heavy (non-hydrogen) atoms. The number of sulfonamides is 1. The van der Waals surface area contributed by atoms with Crippen LogP contribution < -0.4 is 10.0 Å². The van der Waals surface area contributed by atoms with Crippen LogP contribution in [0.4, 0.5) is 11.4 Å². The van der Waals surface area contributed by atoms with Crippen molar-refractivity contribution in [2.75, 3.05) is 10.0 Å². The van der Waals surface area contributed by atoms with E-state index >= 15 is 0 Å². The van der Waals surface area contributed by atoms with Gasteiger partial charge in [0.25, 0.3) is 10.0 Å². The second-order valence-corrected chi connectivity index (χ2v) is 9.44. The molecule has 0 bridgehead atoms. The lowest BCUT2D eigenvalue weighted by Gasteiger charge is -2.18. The molecule has 0 spiro atoms. The Labute approximate surface area is 161 Å². The molecule has 2 N–H and O–H groups in total. The van der Waals surface area contributed by atoms with Gasteiger partial charge >= 0.3 is 0 Å². The lowest BCUT2D eigenvalue weighted by atomic mass is 9.95. The van der Waals surface area contributed by atoms with E-state index in [0.29, 0.717) is 15.8 Å². The highest BCUT2D eigenvalue weighted by atomic mass is 79.9. The van der Waals surface area contributed by atoms with Crippen molar-refractivity contribution in [2.24, 2.45) is 5.41 Å². The predicted molar refractivity (Wildman–Crippen MR) is 104 cm³/mol. The van der Waals surface area contributed by atoms with Crippen LogP contribution in [0, 0.1) is 5.41 Å². The maximum Gasteiger partial charge on any atom is 0.263 e. The van der Waals surface area contributed by atoms with E-state index in [1.54, 1.807) is 51.1 Å². The topological polar surface area (TPSA) is 75.3 Å². The number of benzene rings is 2. The Balaban J connectivity index is 2.25. The standard InChI is InChI=1S/C17H18BrClN2O3S/c1-17(2,3)16(22)20-12-5-4-6-13(10-12)21-25(23,24)15-8-7-11(18)9-14(15)19/h4-10,21H,1-3H3,(H,20,22). The van der Waals surface area contributed by atoms with Crippen LogP contribution in [-0.2, 0) is 14.8 Å². The fraction of sp³-hybridized carbons (Fsp3) is 0.235. The van der Waals surface area contributed by atoms with Crippen LogP contribution >= 0.6 is 27.5 Å². The third-order valence-electron chi connectivity index (χ3n) is 3.24. The third-order valence-corrected chi connectivity index (χ3v) is 5.59. The summed E-state index contributed by atoms with van der Waals surface area (Å²) in [5, 5.41) is 2.87. The zero-order valence-electron chi connectivity index (χ0n) is 13.9. The molecule has 1 amide bonds. The molecule has 0 aromatic heterocycles. The first-order valence-corrected chi connectivity index (χ1v) is 10.0. The van der Waals surface area contributed by atoms with Gasteiger partial charge in [-0.1, -0.05) is 54.4 Å². The van der Waals surface area contributed by atoms with Gasteiger partial charge in [0.2, 0.25) is 5.91 Å². The monoisotopic (exact) mass is 444 g/mol. The molecule has 2 aromatic rings. The molecule has 0 aliphatic rings. The van der Waals surface area contributed by atoms with Gasteiger partial charge in [-0.15, -0.1) is 0 Å². The molecular weight excluding hydrogens is 428 g/mol. The van der Waals surface area contributed by atoms with Crippen molar-refractivity contribution < 1.29 is 13.2 Å². The van der Waals surface area contributed by atoms with Crippen LogP contribution in [0.5, 0.6) is 0 Å². The Hall–Kier alpha value is -1.57. The van der Waals surface area contributed by atoms with Gasteiger partial charge in [0.15, 0.2) is 0 Å². The quantitative estimate of drug-likeness (QED) is 0.703. The Kier molecular flexibility index (Phi) is 5.81. The summed E-state index contributed by atoms with van der Waals surface area (Å²) >= 11 is 9.26. The van der Waals surface area contributed by atoms with Crippen LogP contribution in [0.25, 0.3) is 0 Å². The highest BCUT2D eigenvalue weighted by Crippen LogP contribution is 2.28. The summed E-state index contributed by atoms with van der Waals surface area (Å²) in [6, 6.07) is 11.0. The summed E-state index contributed by atoms with van der Waals surface area (Å²) in [6.45, 7) is 5.39. The zero-order valence-corrected chi connectivity index (χ0v) is 17.1. The Bertz CT molecular complexity index is 908. The van der Waals surface area contributed by atoms with Gasteiger partial charge in [0.1, 0.15) is 4.90 Å². The van der Waals surface area contributed by atoms with Crippen LogP contribution in [0.1, 0.15) is 20.8 Å². The molecule has 5 nitrogen and oxygen atoms in total. The fourth-order valence-corrected chi connectivity index (χ4v) is 3.97. The van der Waals surface area contributed by atoms with E-state index in [0.717, 1.165) is 0 Å². The van der Waals surface area contributed by atoms with Gasteiger partial charge in [0, 0.05) is 15.6 Å². The number of carbonyl (C=O) groups excluding carboxylic acids is 1. The van der Waals surface area contributed by atoms with E-state index in [1.165, 1.54) is 12.1 Å². The van der Waals surface area contributed by atoms with Crippen molar-refractivity contribution in [3.8, 4) is 0 Å². The summed E-state index contributed by atoms with van der Waals surface area (Å²) in [5.41, 5.74) is 0.271. The molecule has 8 heteroatoms. The lowest BCUT2D eigenvalue weighted by molar-refractivity contribution is -0.123. The van der Waals surface area contributed by atoms with Gasteiger partial charge < -0.3 is 5.32 Å². The molecule has 0 aliphatic carbocycles. The number of nitrogens with one attached hydrogen (secondary N) is 2. The average molecular weight is 446 g/mol. The minimum absolute atomic E-state index is 0.0264. The molecular formula is C17H18BrClN2O3S. The molecule has 0 heterocycles. The minimum Gasteiger partial charge on any atom is -0.326 e. The molecule has 134 valence electrons. The van der Waals surface area contributed by atoms with E-state index in [2.05, 4.69) is 26.0 Å². The van der Waals surface area contributed by atoms with E-state index in [-0.39, 0.29) is 15.8 Å². The molecule has 2 aromatic carbocycles. The first-order valence-electron chi connectivity index (χ1n) is 7.38. The first kappa shape index (κ1) is 19.8. The Morgan fingerprint density at radius 3 is 2.32 bits per heavy atom. The van der Waals surface area contributed by atoms with Crippen molar-refractivity contribution in [1.82, 2.24) is 0 Å². The maximum absolute atomic E-state index is 12.5. The summed E-state index contributed by atoms with van der Waals surface area (Å²) in [5.74, 6) is -0.163. The molecule has 0 atom stereocenters. The summed E-state index contributed by atoms with van der Waals surface area (Å²) in [7, 11) is -3.85. The molecule has 0 aliphatic heterocycles. The highest BCUT2D eigenvalue weighted by molar-refractivity contribution is 9.10. The first-order chi connectivity index (χ1) is 11.5. The Morgan fingerprint density at radius 2 is 1.72 bits per heavy atom. The van der Waals surface area contributed by atoms with Crippen LogP contribution in [0.3, 0.4) is 0 Å². The maximum atomic E-state index is 12.5. The van der Waals surface area contributed by atoms with Gasteiger partial charge in [-0.2, -0.15) is 0 Å². The number of anilines is 2. The van der Waals surface area contributed by atoms with Gasteiger partial charge in [-0.3, -0.25) is 9.52 Å². The summed E-state index contributed by atoms with van der Waals surface area (Å²) in [4.78, 5) is 12.0. The van der Waals surface area contributed by atoms with Crippen LogP contribution in [0.2, 0.25) is 5.02 Å². The summed E-state index contributed by atoms with van der Waals surface area (Å²) < 4.78 is 28.2. The van der Waals surface area contributed by atoms with Crippen molar-refractivity contribution in [1.29, 1.82) is 0 Å². The van der Waals surface area contributed by atoms with Crippen molar-refractivity contribution >= 4 is 54.8 Å². The molecule has 0 saturated heterocycles. The van der Waals surface area contributed by atoms with E-state index < -0.39 is 15.4 Å². The van der Waals surface area contributed by atoms with E-state index in [4.69, 9.17) is 11.6 Å². The third kappa shape index (κ3) is 5.20. The predicted octanol–water partition coefficient (Wildman–Crippen LogP) is 4.89. The number of hydrogen-bond acceptors (Lipinski definition) is 3. The number of carbonyl (C=O) groups is 1. The smallest absolute Gasteiger partial charge is 0.263 e. The Morgan fingerprint density at radius 1 is 1.08 bits per heavy atom. The normalized spacial score (nSPS) is 11.9. The van der Waals surface area contributed by atoms with Gasteiger partial charge in [0.05, 0.1) is 10.7 Å². The van der Waals surface area contributed by atoms with Crippen molar-refractivity contribution in [2.45, 2.75) is 25.7 Å². The minimum atomic E-state index is -3.85. The second kappa shape index (κ2) is 7.35. The molecule has 2 rings (SSSR count). The SMILES string of the molecule is CC(C)(C)C(=O)Nc1cccc(NS(=O)(=O)c2ccc(Br)cc2Cl)c1. The second-order valence-electron chi connectivity index (χ2n) is 6.47. The molecule has 0 fully saturated rings. The number of rotatable bonds is 4. The number of hydrogen-bond donors (Lipinski definition) is 2. The molecule has 0 unspecified atom stereocenters. The summed E-state index contributed by atoms with van der Waals surface area (Å²) in [6.07, 6.45) is 0. The van der Waals surface area contributed by atoms with Crippen molar-refractivity contribution in [3.63, 3.8) is 0 Å². The number of amides is 1. The van der Waals surface area contributed by atoms with Crippen molar-refractivity contribution in [3.05, 3.63) is 52.0 Å². The highest BCUT2D eigenvalue weighted by Gasteiger charge is 2.22. The van der Waals surface area contributed by atoms with E-state index in [1.807, 2.05) is 0 Å². The largest absolute Gasteiger partial charge is 0.326 e. The molecule has 0 radical (unpaired) electrons. The van der Waals surface area contributed by atoms with Crippen LogP contribution in [-0.4, -0.2) is 14.3 Å².